The Balaban J connectivity index is 1.90. The van der Waals surface area contributed by atoms with Crippen LogP contribution in [0, 0.1) is 6.92 Å². The first-order chi connectivity index (χ1) is 13.0. The van der Waals surface area contributed by atoms with E-state index >= 15 is 0 Å². The summed E-state index contributed by atoms with van der Waals surface area (Å²) in [5.74, 6) is 0.520. The van der Waals surface area contributed by atoms with Crippen molar-refractivity contribution in [2.75, 3.05) is 17.6 Å². The van der Waals surface area contributed by atoms with Crippen molar-refractivity contribution >= 4 is 21.6 Å². The van der Waals surface area contributed by atoms with Crippen molar-refractivity contribution in [3.63, 3.8) is 0 Å². The first kappa shape index (κ1) is 20.2. The molecule has 0 saturated carbocycles. The number of fused-ring (bicyclic) bond motifs is 1. The maximum Gasteiger partial charge on any atom is 0.251 e. The molecular weight excluding hydrogens is 376 g/mol. The molecule has 1 unspecified atom stereocenters. The van der Waals surface area contributed by atoms with Crippen LogP contribution in [0.1, 0.15) is 47.8 Å². The molecule has 0 radical (unpaired) electrons. The maximum atomic E-state index is 12.9. The van der Waals surface area contributed by atoms with E-state index < -0.39 is 15.6 Å². The number of benzene rings is 2. The normalized spacial score (nSPS) is 18.0. The van der Waals surface area contributed by atoms with Crippen LogP contribution < -0.4 is 14.4 Å². The second kappa shape index (κ2) is 7.13. The van der Waals surface area contributed by atoms with E-state index in [-0.39, 0.29) is 11.9 Å². The van der Waals surface area contributed by atoms with Crippen molar-refractivity contribution in [3.05, 3.63) is 59.2 Å². The first-order valence-electron chi connectivity index (χ1n) is 9.11. The summed E-state index contributed by atoms with van der Waals surface area (Å²) in [4.78, 5) is 12.9. The Bertz CT molecular complexity index is 1010. The van der Waals surface area contributed by atoms with Gasteiger partial charge in [0.15, 0.2) is 0 Å². The summed E-state index contributed by atoms with van der Waals surface area (Å²) in [5.41, 5.74) is 2.22. The lowest BCUT2D eigenvalue weighted by Gasteiger charge is -2.37. The number of anilines is 1. The van der Waals surface area contributed by atoms with Crippen LogP contribution in [0.4, 0.5) is 5.69 Å². The molecule has 1 amide bonds. The second-order valence-corrected chi connectivity index (χ2v) is 9.88. The van der Waals surface area contributed by atoms with Crippen molar-refractivity contribution in [3.8, 4) is 5.75 Å². The van der Waals surface area contributed by atoms with Gasteiger partial charge in [0, 0.05) is 24.6 Å². The van der Waals surface area contributed by atoms with E-state index in [0.717, 1.165) is 23.1 Å². The number of nitrogens with one attached hydrogen (secondary N) is 1. The van der Waals surface area contributed by atoms with Gasteiger partial charge in [-0.3, -0.25) is 9.10 Å². The number of hydrogen-bond acceptors (Lipinski definition) is 4. The van der Waals surface area contributed by atoms with Crippen molar-refractivity contribution in [1.29, 1.82) is 0 Å². The predicted octanol–water partition coefficient (Wildman–Crippen LogP) is 3.42. The number of sulfonamides is 1. The van der Waals surface area contributed by atoms with E-state index in [1.54, 1.807) is 18.2 Å². The van der Waals surface area contributed by atoms with Crippen LogP contribution in [-0.4, -0.2) is 33.2 Å². The summed E-state index contributed by atoms with van der Waals surface area (Å²) in [7, 11) is -1.94. The van der Waals surface area contributed by atoms with E-state index in [1.165, 1.54) is 11.4 Å². The molecule has 1 atom stereocenters. The number of nitrogens with zero attached hydrogens (tertiary/aromatic N) is 1. The van der Waals surface area contributed by atoms with Crippen LogP contribution in [-0.2, 0) is 10.0 Å². The molecule has 6 nitrogen and oxygen atoms in total. The minimum atomic E-state index is -3.42. The largest absolute Gasteiger partial charge is 0.487 e. The molecule has 28 heavy (non-hydrogen) atoms. The molecular formula is C21H26N2O4S. The molecule has 2 aromatic rings. The summed E-state index contributed by atoms with van der Waals surface area (Å²) >= 11 is 0. The average Bonchev–Trinajstić information content (AvgIpc) is 2.59. The Labute approximate surface area is 166 Å². The Morgan fingerprint density at radius 1 is 1.21 bits per heavy atom. The molecule has 0 aliphatic carbocycles. The highest BCUT2D eigenvalue weighted by Crippen LogP contribution is 2.39. The Kier molecular flexibility index (Phi) is 5.14. The van der Waals surface area contributed by atoms with Gasteiger partial charge in [0.25, 0.3) is 5.91 Å². The van der Waals surface area contributed by atoms with Gasteiger partial charge in [0.1, 0.15) is 11.4 Å². The predicted molar refractivity (Wildman–Crippen MR) is 110 cm³/mol. The van der Waals surface area contributed by atoms with Gasteiger partial charge in [-0.15, -0.1) is 0 Å². The number of rotatable bonds is 4. The van der Waals surface area contributed by atoms with E-state index in [9.17, 15) is 13.2 Å². The zero-order valence-electron chi connectivity index (χ0n) is 16.8. The van der Waals surface area contributed by atoms with Gasteiger partial charge in [0.2, 0.25) is 10.0 Å². The standard InChI is InChI=1S/C21H26N2O4S/c1-14-10-11-15(12-18(14)23(4)28(5,25)26)20(24)22-17-13-21(2,3)27-19-9-7-6-8-16(17)19/h6-12,17H,13H2,1-5H3,(H,22,24). The molecule has 0 saturated heterocycles. The van der Waals surface area contributed by atoms with Crippen molar-refractivity contribution in [2.24, 2.45) is 0 Å². The molecule has 7 heteroatoms. The Hall–Kier alpha value is -2.54. The minimum absolute atomic E-state index is 0.190. The zero-order valence-corrected chi connectivity index (χ0v) is 17.6. The SMILES string of the molecule is Cc1ccc(C(=O)NC2CC(C)(C)Oc3ccccc32)cc1N(C)S(C)(=O)=O. The molecule has 0 bridgehead atoms. The topological polar surface area (TPSA) is 75.7 Å². The fourth-order valence-electron chi connectivity index (χ4n) is 3.44. The maximum absolute atomic E-state index is 12.9. The summed E-state index contributed by atoms with van der Waals surface area (Å²) in [5, 5.41) is 3.08. The first-order valence-corrected chi connectivity index (χ1v) is 11.0. The van der Waals surface area contributed by atoms with Crippen LogP contribution in [0.15, 0.2) is 42.5 Å². The number of ether oxygens (including phenoxy) is 1. The van der Waals surface area contributed by atoms with Crippen LogP contribution >= 0.6 is 0 Å². The molecule has 150 valence electrons. The average molecular weight is 403 g/mol. The summed E-state index contributed by atoms with van der Waals surface area (Å²) in [6.45, 7) is 5.80. The highest BCUT2D eigenvalue weighted by Gasteiger charge is 2.34. The van der Waals surface area contributed by atoms with Gasteiger partial charge in [-0.05, 0) is 44.5 Å². The van der Waals surface area contributed by atoms with Crippen molar-refractivity contribution in [1.82, 2.24) is 5.32 Å². The molecule has 0 aromatic heterocycles. The van der Waals surface area contributed by atoms with Gasteiger partial charge in [-0.1, -0.05) is 24.3 Å². The third kappa shape index (κ3) is 4.14. The van der Waals surface area contributed by atoms with Crippen molar-refractivity contribution < 1.29 is 17.9 Å². The fraction of sp³-hybridized carbons (Fsp3) is 0.381. The molecule has 2 aromatic carbocycles. The molecule has 1 aliphatic heterocycles. The molecule has 0 fully saturated rings. The van der Waals surface area contributed by atoms with E-state index in [1.807, 2.05) is 45.0 Å². The van der Waals surface area contributed by atoms with E-state index in [2.05, 4.69) is 5.32 Å². The quantitative estimate of drug-likeness (QED) is 0.850. The monoisotopic (exact) mass is 402 g/mol. The second-order valence-electron chi connectivity index (χ2n) is 7.86. The lowest BCUT2D eigenvalue weighted by atomic mass is 9.89. The number of aryl methyl sites for hydroxylation is 1. The van der Waals surface area contributed by atoms with Crippen LogP contribution in [0.3, 0.4) is 0 Å². The summed E-state index contributed by atoms with van der Waals surface area (Å²) in [6, 6.07) is 12.6. The molecule has 1 N–H and O–H groups in total. The van der Waals surface area contributed by atoms with Crippen LogP contribution in [0.2, 0.25) is 0 Å². The third-order valence-electron chi connectivity index (χ3n) is 4.99. The van der Waals surface area contributed by atoms with Gasteiger partial charge in [0.05, 0.1) is 18.0 Å². The third-order valence-corrected chi connectivity index (χ3v) is 6.18. The number of carbonyl (C=O) groups is 1. The van der Waals surface area contributed by atoms with Crippen LogP contribution in [0.5, 0.6) is 5.75 Å². The summed E-state index contributed by atoms with van der Waals surface area (Å²) in [6.07, 6.45) is 1.78. The fourth-order valence-corrected chi connectivity index (χ4v) is 4.00. The van der Waals surface area contributed by atoms with Crippen molar-refractivity contribution in [2.45, 2.75) is 38.8 Å². The number of amides is 1. The van der Waals surface area contributed by atoms with Gasteiger partial charge in [-0.25, -0.2) is 8.42 Å². The molecule has 1 heterocycles. The van der Waals surface area contributed by atoms with Gasteiger partial charge < -0.3 is 10.1 Å². The molecule has 3 rings (SSSR count). The number of para-hydroxylation sites is 1. The highest BCUT2D eigenvalue weighted by atomic mass is 32.2. The smallest absolute Gasteiger partial charge is 0.251 e. The number of carbonyl (C=O) groups excluding carboxylic acids is 1. The van der Waals surface area contributed by atoms with Gasteiger partial charge >= 0.3 is 0 Å². The number of hydrogen-bond donors (Lipinski definition) is 1. The minimum Gasteiger partial charge on any atom is -0.487 e. The molecule has 1 aliphatic rings. The molecule has 0 spiro atoms. The highest BCUT2D eigenvalue weighted by molar-refractivity contribution is 7.92. The Morgan fingerprint density at radius 2 is 1.89 bits per heavy atom. The van der Waals surface area contributed by atoms with E-state index in [0.29, 0.717) is 17.7 Å². The lowest BCUT2D eigenvalue weighted by molar-refractivity contribution is 0.0619. The Morgan fingerprint density at radius 3 is 2.57 bits per heavy atom. The summed E-state index contributed by atoms with van der Waals surface area (Å²) < 4.78 is 31.0. The van der Waals surface area contributed by atoms with Crippen LogP contribution in [0.25, 0.3) is 0 Å². The van der Waals surface area contributed by atoms with Gasteiger partial charge in [-0.2, -0.15) is 0 Å². The lowest BCUT2D eigenvalue weighted by Crippen LogP contribution is -2.41. The van der Waals surface area contributed by atoms with E-state index in [4.69, 9.17) is 4.74 Å². The zero-order chi connectivity index (χ0) is 20.7.